The second kappa shape index (κ2) is 5.50. The molecule has 0 saturated heterocycles. The Labute approximate surface area is 128 Å². The van der Waals surface area contributed by atoms with Crippen LogP contribution in [0.4, 0.5) is 8.78 Å². The molecule has 0 spiro atoms. The zero-order valence-electron chi connectivity index (χ0n) is 10.9. The Morgan fingerprint density at radius 2 is 1.90 bits per heavy atom. The molecule has 0 radical (unpaired) electrons. The van der Waals surface area contributed by atoms with E-state index in [0.29, 0.717) is 5.56 Å². The van der Waals surface area contributed by atoms with E-state index in [9.17, 15) is 8.78 Å². The summed E-state index contributed by atoms with van der Waals surface area (Å²) in [5, 5.41) is 0.998. The van der Waals surface area contributed by atoms with Gasteiger partial charge in [-0.25, -0.2) is 8.78 Å². The molecule has 106 valence electrons. The minimum absolute atomic E-state index is 0.0520. The molecule has 0 fully saturated rings. The molecule has 0 aliphatic rings. The highest BCUT2D eigenvalue weighted by Gasteiger charge is 2.18. The second-order valence-electron chi connectivity index (χ2n) is 4.70. The van der Waals surface area contributed by atoms with Gasteiger partial charge < -0.3 is 5.73 Å². The van der Waals surface area contributed by atoms with Crippen LogP contribution in [0.15, 0.2) is 53.1 Å². The highest BCUT2D eigenvalue weighted by Crippen LogP contribution is 2.31. The van der Waals surface area contributed by atoms with Crippen LogP contribution in [0.3, 0.4) is 0 Å². The molecule has 21 heavy (non-hydrogen) atoms. The van der Waals surface area contributed by atoms with Gasteiger partial charge in [-0.3, -0.25) is 4.98 Å². The summed E-state index contributed by atoms with van der Waals surface area (Å²) in [6.07, 6.45) is 1.70. The number of aromatic nitrogens is 1. The molecule has 3 rings (SSSR count). The highest BCUT2D eigenvalue weighted by molar-refractivity contribution is 9.10. The number of benzene rings is 2. The van der Waals surface area contributed by atoms with Crippen LogP contribution in [0.25, 0.3) is 10.9 Å². The Morgan fingerprint density at radius 1 is 1.10 bits per heavy atom. The van der Waals surface area contributed by atoms with Gasteiger partial charge in [0.2, 0.25) is 0 Å². The van der Waals surface area contributed by atoms with Crippen molar-refractivity contribution in [3.8, 4) is 0 Å². The third-order valence-electron chi connectivity index (χ3n) is 3.39. The number of hydrogen-bond acceptors (Lipinski definition) is 2. The van der Waals surface area contributed by atoms with Crippen LogP contribution in [0, 0.1) is 11.6 Å². The minimum Gasteiger partial charge on any atom is -0.320 e. The van der Waals surface area contributed by atoms with Crippen molar-refractivity contribution in [2.24, 2.45) is 5.73 Å². The van der Waals surface area contributed by atoms with E-state index in [0.717, 1.165) is 22.5 Å². The van der Waals surface area contributed by atoms with Gasteiger partial charge in [-0.05, 0) is 45.3 Å². The Kier molecular flexibility index (Phi) is 3.69. The molecule has 1 heterocycles. The van der Waals surface area contributed by atoms with Crippen LogP contribution in [0.2, 0.25) is 0 Å². The van der Waals surface area contributed by atoms with Gasteiger partial charge in [-0.1, -0.05) is 24.3 Å². The zero-order valence-corrected chi connectivity index (χ0v) is 12.4. The molecule has 0 saturated carbocycles. The summed E-state index contributed by atoms with van der Waals surface area (Å²) in [5.41, 5.74) is 8.26. The van der Waals surface area contributed by atoms with Gasteiger partial charge in [0.25, 0.3) is 0 Å². The van der Waals surface area contributed by atoms with Crippen LogP contribution < -0.4 is 5.73 Å². The molecule has 1 unspecified atom stereocenters. The quantitative estimate of drug-likeness (QED) is 0.700. The number of nitrogens with two attached hydrogens (primary N) is 1. The minimum atomic E-state index is -0.929. The molecule has 1 atom stereocenters. The monoisotopic (exact) mass is 348 g/mol. The van der Waals surface area contributed by atoms with Gasteiger partial charge in [0.05, 0.1) is 16.0 Å². The number of pyridine rings is 1. The Balaban J connectivity index is 2.08. The predicted molar refractivity (Wildman–Crippen MR) is 81.8 cm³/mol. The third-order valence-corrected chi connectivity index (χ3v) is 4.20. The standard InChI is InChI=1S/C16H11BrF2N2/c17-14-11(5-6-12(18)15(14)19)16(20)10-4-3-9-2-1-7-21-13(9)8-10/h1-8,16H,20H2. The zero-order chi connectivity index (χ0) is 15.0. The van der Waals surface area contributed by atoms with Gasteiger partial charge in [-0.2, -0.15) is 0 Å². The lowest BCUT2D eigenvalue weighted by atomic mass is 9.98. The summed E-state index contributed by atoms with van der Waals surface area (Å²) in [4.78, 5) is 4.27. The average molecular weight is 349 g/mol. The van der Waals surface area contributed by atoms with Gasteiger partial charge in [0, 0.05) is 11.6 Å². The van der Waals surface area contributed by atoms with E-state index in [1.807, 2.05) is 30.3 Å². The fraction of sp³-hybridized carbons (Fsp3) is 0.0625. The molecule has 0 aliphatic carbocycles. The van der Waals surface area contributed by atoms with Crippen molar-refractivity contribution in [1.82, 2.24) is 4.98 Å². The fourth-order valence-corrected chi connectivity index (χ4v) is 2.81. The van der Waals surface area contributed by atoms with E-state index in [1.165, 1.54) is 6.07 Å². The first kappa shape index (κ1) is 14.1. The van der Waals surface area contributed by atoms with Crippen molar-refractivity contribution in [2.45, 2.75) is 6.04 Å². The van der Waals surface area contributed by atoms with Crippen molar-refractivity contribution in [1.29, 1.82) is 0 Å². The number of fused-ring (bicyclic) bond motifs is 1. The lowest BCUT2D eigenvalue weighted by molar-refractivity contribution is 0.501. The smallest absolute Gasteiger partial charge is 0.173 e. The van der Waals surface area contributed by atoms with Crippen molar-refractivity contribution in [3.63, 3.8) is 0 Å². The summed E-state index contributed by atoms with van der Waals surface area (Å²) in [6.45, 7) is 0. The molecule has 1 aromatic heterocycles. The molecular formula is C16H11BrF2N2. The Morgan fingerprint density at radius 3 is 2.71 bits per heavy atom. The molecule has 0 amide bonds. The number of rotatable bonds is 2. The highest BCUT2D eigenvalue weighted by atomic mass is 79.9. The van der Waals surface area contributed by atoms with Gasteiger partial charge in [-0.15, -0.1) is 0 Å². The van der Waals surface area contributed by atoms with E-state index in [1.54, 1.807) is 6.20 Å². The van der Waals surface area contributed by atoms with Crippen LogP contribution in [-0.4, -0.2) is 4.98 Å². The van der Waals surface area contributed by atoms with Crippen molar-refractivity contribution >= 4 is 26.8 Å². The third kappa shape index (κ3) is 2.54. The maximum absolute atomic E-state index is 13.6. The summed E-state index contributed by atoms with van der Waals surface area (Å²) in [6, 6.07) is 11.4. The maximum Gasteiger partial charge on any atom is 0.173 e. The van der Waals surface area contributed by atoms with Gasteiger partial charge >= 0.3 is 0 Å². The lowest BCUT2D eigenvalue weighted by Gasteiger charge is -2.15. The van der Waals surface area contributed by atoms with E-state index < -0.39 is 17.7 Å². The summed E-state index contributed by atoms with van der Waals surface area (Å²) in [7, 11) is 0. The SMILES string of the molecule is NC(c1ccc2cccnc2c1)c1ccc(F)c(F)c1Br. The van der Waals surface area contributed by atoms with Crippen molar-refractivity contribution in [2.75, 3.05) is 0 Å². The van der Waals surface area contributed by atoms with E-state index in [4.69, 9.17) is 5.73 Å². The maximum atomic E-state index is 13.6. The molecule has 2 nitrogen and oxygen atoms in total. The molecule has 2 N–H and O–H groups in total. The molecular weight excluding hydrogens is 338 g/mol. The number of nitrogens with zero attached hydrogens (tertiary/aromatic N) is 1. The first-order valence-electron chi connectivity index (χ1n) is 6.31. The number of halogens is 3. The summed E-state index contributed by atoms with van der Waals surface area (Å²) in [5.74, 6) is -1.83. The second-order valence-corrected chi connectivity index (χ2v) is 5.49. The summed E-state index contributed by atoms with van der Waals surface area (Å²) < 4.78 is 26.9. The van der Waals surface area contributed by atoms with Crippen LogP contribution in [-0.2, 0) is 0 Å². The molecule has 2 aromatic carbocycles. The number of hydrogen-bond donors (Lipinski definition) is 1. The molecule has 5 heteroatoms. The largest absolute Gasteiger partial charge is 0.320 e. The van der Waals surface area contributed by atoms with E-state index in [2.05, 4.69) is 20.9 Å². The lowest BCUT2D eigenvalue weighted by Crippen LogP contribution is -2.13. The first-order valence-corrected chi connectivity index (χ1v) is 7.11. The van der Waals surface area contributed by atoms with Gasteiger partial charge in [0.15, 0.2) is 11.6 Å². The van der Waals surface area contributed by atoms with E-state index >= 15 is 0 Å². The summed E-state index contributed by atoms with van der Waals surface area (Å²) >= 11 is 3.07. The molecule has 3 aromatic rings. The Bertz CT molecular complexity index is 820. The Hall–Kier alpha value is -1.85. The van der Waals surface area contributed by atoms with Crippen LogP contribution in [0.1, 0.15) is 17.2 Å². The average Bonchev–Trinajstić information content (AvgIpc) is 2.52. The van der Waals surface area contributed by atoms with Gasteiger partial charge in [0.1, 0.15) is 0 Å². The van der Waals surface area contributed by atoms with E-state index in [-0.39, 0.29) is 4.47 Å². The van der Waals surface area contributed by atoms with Crippen molar-refractivity contribution < 1.29 is 8.78 Å². The van der Waals surface area contributed by atoms with Crippen LogP contribution >= 0.6 is 15.9 Å². The fourth-order valence-electron chi connectivity index (χ4n) is 2.24. The normalized spacial score (nSPS) is 12.6. The predicted octanol–water partition coefficient (Wildman–Crippen LogP) is 4.32. The molecule has 0 bridgehead atoms. The molecule has 0 aliphatic heterocycles. The van der Waals surface area contributed by atoms with Crippen LogP contribution in [0.5, 0.6) is 0 Å². The first-order chi connectivity index (χ1) is 10.1. The van der Waals surface area contributed by atoms with Crippen molar-refractivity contribution in [3.05, 3.63) is 75.9 Å². The topological polar surface area (TPSA) is 38.9 Å².